The predicted octanol–water partition coefficient (Wildman–Crippen LogP) is 5.05. The highest BCUT2D eigenvalue weighted by molar-refractivity contribution is 7.12. The fourth-order valence-corrected chi connectivity index (χ4v) is 5.52. The third-order valence-electron chi connectivity index (χ3n) is 6.81. The molecular weight excluding hydrogens is 480 g/mol. The van der Waals surface area contributed by atoms with Crippen molar-refractivity contribution in [3.63, 3.8) is 0 Å². The molecule has 6 rings (SSSR count). The number of nitrogens with zero attached hydrogens (tertiary/aromatic N) is 6. The molecule has 0 radical (unpaired) electrons. The molecule has 0 saturated carbocycles. The Balaban J connectivity index is 1.38. The van der Waals surface area contributed by atoms with Gasteiger partial charge in [0.1, 0.15) is 11.6 Å². The average molecular weight is 509 g/mol. The first kappa shape index (κ1) is 23.4. The van der Waals surface area contributed by atoms with Crippen LogP contribution in [0.1, 0.15) is 32.3 Å². The Bertz CT molecular complexity index is 1540. The lowest BCUT2D eigenvalue weighted by atomic mass is 10.1. The van der Waals surface area contributed by atoms with Gasteiger partial charge >= 0.3 is 0 Å². The molecule has 1 fully saturated rings. The topological polar surface area (TPSA) is 67.2 Å². The Morgan fingerprint density at radius 3 is 2.35 bits per heavy atom. The summed E-state index contributed by atoms with van der Waals surface area (Å²) >= 11 is 1.49. The van der Waals surface area contributed by atoms with E-state index in [1.54, 1.807) is 0 Å². The monoisotopic (exact) mass is 508 g/mol. The van der Waals surface area contributed by atoms with Gasteiger partial charge in [-0.2, -0.15) is 5.10 Å². The molecule has 1 amide bonds. The number of rotatable bonds is 5. The molecule has 37 heavy (non-hydrogen) atoms. The number of thiophene rings is 1. The molecule has 8 heteroatoms. The van der Waals surface area contributed by atoms with Crippen molar-refractivity contribution in [2.75, 3.05) is 31.1 Å². The summed E-state index contributed by atoms with van der Waals surface area (Å²) in [5, 5.41) is 7.79. The van der Waals surface area contributed by atoms with Crippen LogP contribution in [-0.2, 0) is 6.42 Å². The number of carbonyl (C=O) groups excluding carboxylic acids is 1. The molecular formula is C29H28N6OS. The van der Waals surface area contributed by atoms with Crippen LogP contribution in [0.2, 0.25) is 0 Å². The number of carbonyl (C=O) groups is 1. The molecule has 4 heterocycles. The summed E-state index contributed by atoms with van der Waals surface area (Å²) in [6, 6.07) is 22.4. The van der Waals surface area contributed by atoms with E-state index in [-0.39, 0.29) is 5.91 Å². The SMILES string of the molecule is Cc1ccc(Cc2nc(N3CCN(C(=O)c4cccs4)CC3)c3c(C)nn(-c4ccccc4)c3n2)cc1. The maximum atomic E-state index is 12.9. The summed E-state index contributed by atoms with van der Waals surface area (Å²) < 4.78 is 1.92. The normalized spacial score (nSPS) is 13.9. The van der Waals surface area contributed by atoms with Crippen LogP contribution >= 0.6 is 11.3 Å². The first-order valence-electron chi connectivity index (χ1n) is 12.5. The highest BCUT2D eigenvalue weighted by Crippen LogP contribution is 2.30. The number of hydrogen-bond donors (Lipinski definition) is 0. The van der Waals surface area contributed by atoms with Crippen LogP contribution in [0.4, 0.5) is 5.82 Å². The van der Waals surface area contributed by atoms with Gasteiger partial charge < -0.3 is 9.80 Å². The van der Waals surface area contributed by atoms with Gasteiger partial charge in [0.25, 0.3) is 5.91 Å². The van der Waals surface area contributed by atoms with Crippen LogP contribution in [0.15, 0.2) is 72.1 Å². The molecule has 1 aliphatic rings. The van der Waals surface area contributed by atoms with Gasteiger partial charge in [-0.15, -0.1) is 11.3 Å². The molecule has 0 unspecified atom stereocenters. The van der Waals surface area contributed by atoms with Crippen LogP contribution in [-0.4, -0.2) is 56.7 Å². The summed E-state index contributed by atoms with van der Waals surface area (Å²) in [5.41, 5.74) is 5.08. The number of amides is 1. The molecule has 0 atom stereocenters. The van der Waals surface area contributed by atoms with Gasteiger partial charge in [0.15, 0.2) is 5.65 Å². The lowest BCUT2D eigenvalue weighted by Gasteiger charge is -2.35. The van der Waals surface area contributed by atoms with Gasteiger partial charge in [-0.3, -0.25) is 4.79 Å². The quantitative estimate of drug-likeness (QED) is 0.333. The van der Waals surface area contributed by atoms with Crippen molar-refractivity contribution in [3.05, 3.63) is 99.6 Å². The Hall–Kier alpha value is -4.04. The van der Waals surface area contributed by atoms with Gasteiger partial charge in [-0.05, 0) is 43.0 Å². The van der Waals surface area contributed by atoms with Crippen LogP contribution in [0.3, 0.4) is 0 Å². The molecule has 5 aromatic rings. The maximum Gasteiger partial charge on any atom is 0.264 e. The number of fused-ring (bicyclic) bond motifs is 1. The lowest BCUT2D eigenvalue weighted by molar-refractivity contribution is 0.0751. The summed E-state index contributed by atoms with van der Waals surface area (Å²) in [6.45, 7) is 6.84. The number of hydrogen-bond acceptors (Lipinski definition) is 6. The minimum atomic E-state index is 0.107. The summed E-state index contributed by atoms with van der Waals surface area (Å²) in [7, 11) is 0. The molecule has 1 saturated heterocycles. The molecule has 0 spiro atoms. The predicted molar refractivity (Wildman–Crippen MR) is 148 cm³/mol. The second kappa shape index (κ2) is 9.78. The second-order valence-electron chi connectivity index (χ2n) is 9.41. The van der Waals surface area contributed by atoms with Crippen molar-refractivity contribution in [2.45, 2.75) is 20.3 Å². The summed E-state index contributed by atoms with van der Waals surface area (Å²) in [6.07, 6.45) is 0.638. The van der Waals surface area contributed by atoms with Crippen molar-refractivity contribution in [2.24, 2.45) is 0 Å². The molecule has 0 aliphatic carbocycles. The minimum absolute atomic E-state index is 0.107. The largest absolute Gasteiger partial charge is 0.352 e. The molecule has 186 valence electrons. The molecule has 2 aromatic carbocycles. The summed E-state index contributed by atoms with van der Waals surface area (Å²) in [5.74, 6) is 1.77. The van der Waals surface area contributed by atoms with E-state index >= 15 is 0 Å². The first-order valence-corrected chi connectivity index (χ1v) is 13.4. The fraction of sp³-hybridized carbons (Fsp3) is 0.241. The van der Waals surface area contributed by atoms with Crippen molar-refractivity contribution in [3.8, 4) is 5.69 Å². The molecule has 0 N–H and O–H groups in total. The van der Waals surface area contributed by atoms with Crippen LogP contribution in [0.5, 0.6) is 0 Å². The molecule has 0 bridgehead atoms. The Morgan fingerprint density at radius 1 is 0.892 bits per heavy atom. The molecule has 3 aromatic heterocycles. The van der Waals surface area contributed by atoms with Gasteiger partial charge in [0.05, 0.1) is 21.6 Å². The van der Waals surface area contributed by atoms with Crippen molar-refractivity contribution in [1.82, 2.24) is 24.6 Å². The highest BCUT2D eigenvalue weighted by Gasteiger charge is 2.27. The van der Waals surface area contributed by atoms with Gasteiger partial charge in [0.2, 0.25) is 0 Å². The number of aromatic nitrogens is 4. The molecule has 1 aliphatic heterocycles. The number of benzene rings is 2. The van der Waals surface area contributed by atoms with Gasteiger partial charge in [-0.25, -0.2) is 14.6 Å². The summed E-state index contributed by atoms with van der Waals surface area (Å²) in [4.78, 5) is 28.0. The fourth-order valence-electron chi connectivity index (χ4n) is 4.83. The van der Waals surface area contributed by atoms with Crippen molar-refractivity contribution < 1.29 is 4.79 Å². The van der Waals surface area contributed by atoms with E-state index in [0.717, 1.165) is 38.9 Å². The standard InChI is InChI=1S/C29H28N6OS/c1-20-10-12-22(13-11-20)19-25-30-27(33-14-16-34(17-15-33)29(36)24-9-6-18-37-24)26-21(2)32-35(28(26)31-25)23-7-4-3-5-8-23/h3-13,18H,14-17,19H2,1-2H3. The van der Waals surface area contributed by atoms with E-state index in [2.05, 4.69) is 36.1 Å². The zero-order valence-electron chi connectivity index (χ0n) is 21.0. The van der Waals surface area contributed by atoms with E-state index in [4.69, 9.17) is 15.1 Å². The Kier molecular flexibility index (Phi) is 6.18. The van der Waals surface area contributed by atoms with Crippen molar-refractivity contribution in [1.29, 1.82) is 0 Å². The highest BCUT2D eigenvalue weighted by atomic mass is 32.1. The number of anilines is 1. The smallest absolute Gasteiger partial charge is 0.264 e. The molecule has 7 nitrogen and oxygen atoms in total. The first-order chi connectivity index (χ1) is 18.1. The van der Waals surface area contributed by atoms with Crippen molar-refractivity contribution >= 4 is 34.1 Å². The number of para-hydroxylation sites is 1. The average Bonchev–Trinajstić information content (AvgIpc) is 3.59. The van der Waals surface area contributed by atoms with E-state index in [0.29, 0.717) is 32.6 Å². The minimum Gasteiger partial charge on any atom is -0.352 e. The zero-order chi connectivity index (χ0) is 25.4. The van der Waals surface area contributed by atoms with E-state index in [1.165, 1.54) is 22.5 Å². The van der Waals surface area contributed by atoms with E-state index in [1.807, 2.05) is 64.4 Å². The third kappa shape index (κ3) is 4.60. The van der Waals surface area contributed by atoms with Crippen LogP contribution in [0, 0.1) is 13.8 Å². The van der Waals surface area contributed by atoms with Gasteiger partial charge in [-0.1, -0.05) is 54.1 Å². The van der Waals surface area contributed by atoms with Crippen LogP contribution < -0.4 is 4.90 Å². The second-order valence-corrected chi connectivity index (χ2v) is 10.4. The Labute approximate surface area is 220 Å². The van der Waals surface area contributed by atoms with Gasteiger partial charge in [0, 0.05) is 32.6 Å². The van der Waals surface area contributed by atoms with E-state index < -0.39 is 0 Å². The third-order valence-corrected chi connectivity index (χ3v) is 7.67. The van der Waals surface area contributed by atoms with E-state index in [9.17, 15) is 4.79 Å². The zero-order valence-corrected chi connectivity index (χ0v) is 21.8. The lowest BCUT2D eigenvalue weighted by Crippen LogP contribution is -2.49. The number of aryl methyl sites for hydroxylation is 2. The maximum absolute atomic E-state index is 12.9. The number of piperazine rings is 1. The van der Waals surface area contributed by atoms with Crippen LogP contribution in [0.25, 0.3) is 16.7 Å². The Morgan fingerprint density at radius 2 is 1.65 bits per heavy atom.